The Bertz CT molecular complexity index is 190. The summed E-state index contributed by atoms with van der Waals surface area (Å²) in [4.78, 5) is 0. The van der Waals surface area contributed by atoms with Crippen LogP contribution in [0.2, 0.25) is 0 Å². The van der Waals surface area contributed by atoms with E-state index in [1.165, 1.54) is 0 Å². The number of halogens is 3. The van der Waals surface area contributed by atoms with Gasteiger partial charge in [0.15, 0.2) is 0 Å². The van der Waals surface area contributed by atoms with E-state index in [0.29, 0.717) is 25.4 Å². The van der Waals surface area contributed by atoms with Crippen LogP contribution in [-0.4, -0.2) is 18.9 Å². The molecule has 1 aliphatic carbocycles. The van der Waals surface area contributed by atoms with E-state index in [1.807, 2.05) is 0 Å². The maximum Gasteiger partial charge on any atom is 0.391 e. The van der Waals surface area contributed by atoms with E-state index >= 15 is 0 Å². The van der Waals surface area contributed by atoms with Crippen LogP contribution in [0.3, 0.4) is 0 Å². The minimum absolute atomic E-state index is 0.111. The molecular formula is C9H13F3O. The summed E-state index contributed by atoms with van der Waals surface area (Å²) in [5.41, 5.74) is 0. The first-order valence-corrected chi connectivity index (χ1v) is 4.75. The minimum Gasteiger partial charge on any atom is -0.378 e. The van der Waals surface area contributed by atoms with Gasteiger partial charge >= 0.3 is 6.18 Å². The Kier molecular flexibility index (Phi) is 2.26. The molecule has 2 rings (SSSR count). The minimum atomic E-state index is -4.02. The van der Waals surface area contributed by atoms with Crippen molar-refractivity contribution in [2.45, 2.75) is 38.0 Å². The van der Waals surface area contributed by atoms with Gasteiger partial charge in [0.2, 0.25) is 0 Å². The third kappa shape index (κ3) is 1.82. The number of rotatable bonds is 0. The van der Waals surface area contributed by atoms with Crippen LogP contribution in [0.15, 0.2) is 0 Å². The maximum absolute atomic E-state index is 12.3. The monoisotopic (exact) mass is 194 g/mol. The molecule has 3 atom stereocenters. The first-order chi connectivity index (χ1) is 6.07. The lowest BCUT2D eigenvalue weighted by molar-refractivity contribution is -0.192. The van der Waals surface area contributed by atoms with Crippen molar-refractivity contribution < 1.29 is 17.9 Å². The molecule has 13 heavy (non-hydrogen) atoms. The fourth-order valence-corrected chi connectivity index (χ4v) is 2.39. The Labute approximate surface area is 75.3 Å². The smallest absolute Gasteiger partial charge is 0.378 e. The highest BCUT2D eigenvalue weighted by molar-refractivity contribution is 4.86. The first-order valence-electron chi connectivity index (χ1n) is 4.75. The molecule has 2 aliphatic rings. The lowest BCUT2D eigenvalue weighted by Crippen LogP contribution is -2.34. The quantitative estimate of drug-likeness (QED) is 0.576. The van der Waals surface area contributed by atoms with Gasteiger partial charge in [0, 0.05) is 6.61 Å². The first kappa shape index (κ1) is 9.31. The van der Waals surface area contributed by atoms with Crippen molar-refractivity contribution in [2.75, 3.05) is 6.61 Å². The molecule has 1 heterocycles. The molecule has 0 N–H and O–H groups in total. The molecular weight excluding hydrogens is 181 g/mol. The largest absolute Gasteiger partial charge is 0.391 e. The van der Waals surface area contributed by atoms with E-state index in [9.17, 15) is 13.2 Å². The van der Waals surface area contributed by atoms with E-state index < -0.39 is 12.1 Å². The molecule has 0 aromatic carbocycles. The van der Waals surface area contributed by atoms with E-state index in [2.05, 4.69) is 0 Å². The van der Waals surface area contributed by atoms with Gasteiger partial charge in [-0.3, -0.25) is 0 Å². The van der Waals surface area contributed by atoms with Crippen LogP contribution >= 0.6 is 0 Å². The van der Waals surface area contributed by atoms with Gasteiger partial charge in [0.1, 0.15) is 0 Å². The Morgan fingerprint density at radius 2 is 1.85 bits per heavy atom. The van der Waals surface area contributed by atoms with Crippen LogP contribution in [0.1, 0.15) is 25.7 Å². The molecule has 1 saturated heterocycles. The van der Waals surface area contributed by atoms with Gasteiger partial charge in [-0.15, -0.1) is 0 Å². The molecule has 0 aromatic heterocycles. The van der Waals surface area contributed by atoms with Crippen molar-refractivity contribution in [2.24, 2.45) is 11.8 Å². The fourth-order valence-electron chi connectivity index (χ4n) is 2.39. The van der Waals surface area contributed by atoms with Gasteiger partial charge in [-0.25, -0.2) is 0 Å². The van der Waals surface area contributed by atoms with Crippen molar-refractivity contribution in [1.29, 1.82) is 0 Å². The lowest BCUT2D eigenvalue weighted by atomic mass is 9.79. The third-order valence-electron chi connectivity index (χ3n) is 3.21. The van der Waals surface area contributed by atoms with Crippen molar-refractivity contribution >= 4 is 0 Å². The van der Waals surface area contributed by atoms with Crippen LogP contribution in [0.25, 0.3) is 0 Å². The number of fused-ring (bicyclic) bond motifs is 1. The highest BCUT2D eigenvalue weighted by Gasteiger charge is 2.46. The summed E-state index contributed by atoms with van der Waals surface area (Å²) in [6.45, 7) is 0.653. The topological polar surface area (TPSA) is 9.23 Å². The number of ether oxygens (including phenoxy) is 1. The average Bonchev–Trinajstić information content (AvgIpc) is 2.47. The summed E-state index contributed by atoms with van der Waals surface area (Å²) in [5, 5.41) is 0. The van der Waals surface area contributed by atoms with Gasteiger partial charge < -0.3 is 4.74 Å². The Morgan fingerprint density at radius 1 is 1.08 bits per heavy atom. The normalized spacial score (nSPS) is 40.4. The van der Waals surface area contributed by atoms with Gasteiger partial charge in [-0.1, -0.05) is 0 Å². The second-order valence-corrected chi connectivity index (χ2v) is 4.01. The van der Waals surface area contributed by atoms with E-state index in [-0.39, 0.29) is 12.5 Å². The summed E-state index contributed by atoms with van der Waals surface area (Å²) in [6, 6.07) is 0. The van der Waals surface area contributed by atoms with Crippen LogP contribution in [0.5, 0.6) is 0 Å². The number of hydrogen-bond donors (Lipinski definition) is 0. The Hall–Kier alpha value is -0.250. The van der Waals surface area contributed by atoms with Crippen LogP contribution < -0.4 is 0 Å². The molecule has 4 heteroatoms. The Balaban J connectivity index is 1.97. The standard InChI is InChI=1S/C9H13F3O/c10-9(11,12)7-2-1-6-3-4-13-8(6)5-7/h6-8H,1-5H2/t6-,7+,8-/m1/s1. The molecule has 2 fully saturated rings. The predicted octanol–water partition coefficient (Wildman–Crippen LogP) is 2.75. The molecule has 0 radical (unpaired) electrons. The van der Waals surface area contributed by atoms with Gasteiger partial charge in [0.25, 0.3) is 0 Å². The molecule has 1 saturated carbocycles. The van der Waals surface area contributed by atoms with E-state index in [0.717, 1.165) is 6.42 Å². The molecule has 0 aromatic rings. The van der Waals surface area contributed by atoms with Gasteiger partial charge in [0.05, 0.1) is 12.0 Å². The highest BCUT2D eigenvalue weighted by atomic mass is 19.4. The summed E-state index contributed by atoms with van der Waals surface area (Å²) in [5.74, 6) is -0.717. The second kappa shape index (κ2) is 3.15. The molecule has 0 amide bonds. The SMILES string of the molecule is FC(F)(F)[C@H]1CC[C@@H]2CCO[C@@H]2C1. The van der Waals surface area contributed by atoms with Crippen LogP contribution in [-0.2, 0) is 4.74 Å². The van der Waals surface area contributed by atoms with Crippen molar-refractivity contribution in [3.8, 4) is 0 Å². The van der Waals surface area contributed by atoms with Crippen LogP contribution in [0, 0.1) is 11.8 Å². The maximum atomic E-state index is 12.3. The lowest BCUT2D eigenvalue weighted by Gasteiger charge is -2.31. The van der Waals surface area contributed by atoms with E-state index in [1.54, 1.807) is 0 Å². The van der Waals surface area contributed by atoms with Crippen molar-refractivity contribution in [3.63, 3.8) is 0 Å². The summed E-state index contributed by atoms with van der Waals surface area (Å²) < 4.78 is 42.3. The Morgan fingerprint density at radius 3 is 2.54 bits per heavy atom. The molecule has 0 bridgehead atoms. The zero-order valence-corrected chi connectivity index (χ0v) is 7.31. The van der Waals surface area contributed by atoms with Crippen LogP contribution in [0.4, 0.5) is 13.2 Å². The molecule has 76 valence electrons. The molecule has 0 unspecified atom stereocenters. The number of alkyl halides is 3. The molecule has 1 aliphatic heterocycles. The number of hydrogen-bond acceptors (Lipinski definition) is 1. The summed E-state index contributed by atoms with van der Waals surface area (Å²) in [7, 11) is 0. The second-order valence-electron chi connectivity index (χ2n) is 4.01. The third-order valence-corrected chi connectivity index (χ3v) is 3.21. The highest BCUT2D eigenvalue weighted by Crippen LogP contribution is 2.43. The van der Waals surface area contributed by atoms with Gasteiger partial charge in [-0.2, -0.15) is 13.2 Å². The summed E-state index contributed by atoms with van der Waals surface area (Å²) >= 11 is 0. The zero-order valence-electron chi connectivity index (χ0n) is 7.31. The van der Waals surface area contributed by atoms with E-state index in [4.69, 9.17) is 4.74 Å². The van der Waals surface area contributed by atoms with Crippen molar-refractivity contribution in [3.05, 3.63) is 0 Å². The molecule has 0 spiro atoms. The summed E-state index contributed by atoms with van der Waals surface area (Å²) in [6.07, 6.45) is -2.00. The van der Waals surface area contributed by atoms with Gasteiger partial charge in [-0.05, 0) is 31.6 Å². The fraction of sp³-hybridized carbons (Fsp3) is 1.00. The average molecular weight is 194 g/mol. The predicted molar refractivity (Wildman–Crippen MR) is 41.2 cm³/mol. The molecule has 1 nitrogen and oxygen atoms in total. The zero-order chi connectivity index (χ0) is 9.47. The van der Waals surface area contributed by atoms with Crippen molar-refractivity contribution in [1.82, 2.24) is 0 Å².